The molecule has 2 rings (SSSR count). The normalized spacial score (nSPS) is 10.6. The molecule has 0 radical (unpaired) electrons. The molecule has 1 aromatic carbocycles. The van der Waals surface area contributed by atoms with Crippen molar-refractivity contribution in [2.24, 2.45) is 0 Å². The second kappa shape index (κ2) is 4.16. The minimum Gasteiger partial charge on any atom is -0.398 e. The van der Waals surface area contributed by atoms with Gasteiger partial charge in [-0.1, -0.05) is 11.6 Å². The summed E-state index contributed by atoms with van der Waals surface area (Å²) in [5.41, 5.74) is 8.66. The standard InChI is InChI=1S/C11H9BrClNS/c1-6-4-9(14)8(13)5-7(6)10-2-3-11(12)15-10/h2-5H,14H2,1H3. The molecule has 1 aromatic heterocycles. The summed E-state index contributed by atoms with van der Waals surface area (Å²) in [4.78, 5) is 1.20. The Morgan fingerprint density at radius 1 is 1.33 bits per heavy atom. The Morgan fingerprint density at radius 2 is 2.07 bits per heavy atom. The molecule has 15 heavy (non-hydrogen) atoms. The molecule has 0 bridgehead atoms. The number of nitrogens with two attached hydrogens (primary N) is 1. The van der Waals surface area contributed by atoms with Crippen molar-refractivity contribution in [3.8, 4) is 10.4 Å². The number of rotatable bonds is 1. The van der Waals surface area contributed by atoms with Gasteiger partial charge in [0.05, 0.1) is 14.5 Å². The van der Waals surface area contributed by atoms with Crippen molar-refractivity contribution >= 4 is 44.6 Å². The third kappa shape index (κ3) is 2.19. The van der Waals surface area contributed by atoms with E-state index >= 15 is 0 Å². The van der Waals surface area contributed by atoms with Gasteiger partial charge in [0.2, 0.25) is 0 Å². The summed E-state index contributed by atoms with van der Waals surface area (Å²) in [5.74, 6) is 0. The zero-order valence-electron chi connectivity index (χ0n) is 8.05. The first-order valence-electron chi connectivity index (χ1n) is 4.39. The van der Waals surface area contributed by atoms with Gasteiger partial charge < -0.3 is 5.73 Å². The Hall–Kier alpha value is -0.510. The van der Waals surface area contributed by atoms with E-state index in [1.54, 1.807) is 11.3 Å². The van der Waals surface area contributed by atoms with Crippen molar-refractivity contribution in [1.82, 2.24) is 0 Å². The maximum atomic E-state index is 6.01. The first kappa shape index (κ1) is 11.0. The van der Waals surface area contributed by atoms with Gasteiger partial charge in [0, 0.05) is 4.88 Å². The molecule has 0 saturated carbocycles. The zero-order chi connectivity index (χ0) is 11.0. The van der Waals surface area contributed by atoms with Crippen LogP contribution in [0.2, 0.25) is 5.02 Å². The van der Waals surface area contributed by atoms with Crippen LogP contribution < -0.4 is 5.73 Å². The molecule has 0 unspecified atom stereocenters. The van der Waals surface area contributed by atoms with Gasteiger partial charge in [-0.2, -0.15) is 0 Å². The van der Waals surface area contributed by atoms with Crippen LogP contribution in [0.25, 0.3) is 10.4 Å². The lowest BCUT2D eigenvalue weighted by Crippen LogP contribution is -1.89. The Bertz CT molecular complexity index is 507. The maximum Gasteiger partial charge on any atom is 0.0705 e. The predicted octanol–water partition coefficient (Wildman–Crippen LogP) is 4.72. The third-order valence-electron chi connectivity index (χ3n) is 2.18. The number of anilines is 1. The number of halogens is 2. The van der Waals surface area contributed by atoms with E-state index in [1.807, 2.05) is 25.1 Å². The highest BCUT2D eigenvalue weighted by atomic mass is 79.9. The molecule has 0 saturated heterocycles. The summed E-state index contributed by atoms with van der Waals surface area (Å²) in [7, 11) is 0. The van der Waals surface area contributed by atoms with Crippen LogP contribution in [0, 0.1) is 6.92 Å². The number of aryl methyl sites for hydroxylation is 1. The fraction of sp³-hybridized carbons (Fsp3) is 0.0909. The zero-order valence-corrected chi connectivity index (χ0v) is 11.2. The third-order valence-corrected chi connectivity index (χ3v) is 4.17. The molecule has 1 heterocycles. The first-order valence-corrected chi connectivity index (χ1v) is 6.38. The minimum absolute atomic E-state index is 0.611. The summed E-state index contributed by atoms with van der Waals surface area (Å²) >= 11 is 11.1. The molecule has 78 valence electrons. The van der Waals surface area contributed by atoms with Gasteiger partial charge in [0.25, 0.3) is 0 Å². The lowest BCUT2D eigenvalue weighted by molar-refractivity contribution is 1.48. The highest BCUT2D eigenvalue weighted by molar-refractivity contribution is 9.11. The van der Waals surface area contributed by atoms with Crippen molar-refractivity contribution in [3.05, 3.63) is 38.6 Å². The maximum absolute atomic E-state index is 6.01. The molecule has 0 aliphatic rings. The van der Waals surface area contributed by atoms with E-state index in [0.29, 0.717) is 10.7 Å². The van der Waals surface area contributed by atoms with Crippen LogP contribution >= 0.6 is 38.9 Å². The van der Waals surface area contributed by atoms with Crippen molar-refractivity contribution in [2.75, 3.05) is 5.73 Å². The highest BCUT2D eigenvalue weighted by Gasteiger charge is 2.07. The van der Waals surface area contributed by atoms with Crippen LogP contribution in [-0.4, -0.2) is 0 Å². The van der Waals surface area contributed by atoms with Gasteiger partial charge in [-0.05, 0) is 58.2 Å². The van der Waals surface area contributed by atoms with Crippen LogP contribution in [0.5, 0.6) is 0 Å². The number of nitrogen functional groups attached to an aromatic ring is 1. The van der Waals surface area contributed by atoms with Gasteiger partial charge in [-0.25, -0.2) is 0 Å². The van der Waals surface area contributed by atoms with Crippen molar-refractivity contribution in [2.45, 2.75) is 6.92 Å². The van der Waals surface area contributed by atoms with Crippen molar-refractivity contribution in [3.63, 3.8) is 0 Å². The molecular formula is C11H9BrClNS. The van der Waals surface area contributed by atoms with Gasteiger partial charge in [-0.3, -0.25) is 0 Å². The second-order valence-electron chi connectivity index (χ2n) is 3.29. The summed E-state index contributed by atoms with van der Waals surface area (Å²) in [6, 6.07) is 7.93. The van der Waals surface area contributed by atoms with Crippen LogP contribution in [0.4, 0.5) is 5.69 Å². The predicted molar refractivity (Wildman–Crippen MR) is 71.6 cm³/mol. The monoisotopic (exact) mass is 301 g/mol. The van der Waals surface area contributed by atoms with E-state index in [-0.39, 0.29) is 0 Å². The van der Waals surface area contributed by atoms with E-state index in [4.69, 9.17) is 17.3 Å². The number of thiophene rings is 1. The average molecular weight is 303 g/mol. The summed E-state index contributed by atoms with van der Waals surface area (Å²) < 4.78 is 1.12. The van der Waals surface area contributed by atoms with Gasteiger partial charge in [-0.15, -0.1) is 11.3 Å². The van der Waals surface area contributed by atoms with Crippen molar-refractivity contribution in [1.29, 1.82) is 0 Å². The Balaban J connectivity index is 2.58. The highest BCUT2D eigenvalue weighted by Crippen LogP contribution is 2.36. The fourth-order valence-electron chi connectivity index (χ4n) is 1.43. The Kier molecular flexibility index (Phi) is 3.05. The van der Waals surface area contributed by atoms with E-state index in [0.717, 1.165) is 14.9 Å². The van der Waals surface area contributed by atoms with E-state index < -0.39 is 0 Å². The largest absolute Gasteiger partial charge is 0.398 e. The van der Waals surface area contributed by atoms with Crippen LogP contribution in [0.15, 0.2) is 28.1 Å². The number of hydrogen-bond donors (Lipinski definition) is 1. The van der Waals surface area contributed by atoms with E-state index in [1.165, 1.54) is 4.88 Å². The summed E-state index contributed by atoms with van der Waals surface area (Å²) in [6.07, 6.45) is 0. The molecule has 0 aliphatic heterocycles. The molecule has 0 spiro atoms. The van der Waals surface area contributed by atoms with E-state index in [9.17, 15) is 0 Å². The first-order chi connectivity index (χ1) is 7.08. The second-order valence-corrected chi connectivity index (χ2v) is 6.16. The summed E-state index contributed by atoms with van der Waals surface area (Å²) in [5, 5.41) is 0.611. The quantitative estimate of drug-likeness (QED) is 0.758. The molecule has 0 atom stereocenters. The van der Waals surface area contributed by atoms with Crippen LogP contribution in [-0.2, 0) is 0 Å². The SMILES string of the molecule is Cc1cc(N)c(Cl)cc1-c1ccc(Br)s1. The number of benzene rings is 1. The van der Waals surface area contributed by atoms with Crippen LogP contribution in [0.1, 0.15) is 5.56 Å². The minimum atomic E-state index is 0.611. The molecule has 0 aliphatic carbocycles. The van der Waals surface area contributed by atoms with Crippen LogP contribution in [0.3, 0.4) is 0 Å². The van der Waals surface area contributed by atoms with Crippen molar-refractivity contribution < 1.29 is 0 Å². The van der Waals surface area contributed by atoms with Gasteiger partial charge in [0.1, 0.15) is 0 Å². The molecular weight excluding hydrogens is 294 g/mol. The van der Waals surface area contributed by atoms with E-state index in [2.05, 4.69) is 22.0 Å². The smallest absolute Gasteiger partial charge is 0.0705 e. The molecule has 0 fully saturated rings. The summed E-state index contributed by atoms with van der Waals surface area (Å²) in [6.45, 7) is 2.04. The Labute approximate surface area is 106 Å². The van der Waals surface area contributed by atoms with Gasteiger partial charge in [0.15, 0.2) is 0 Å². The topological polar surface area (TPSA) is 26.0 Å². The lowest BCUT2D eigenvalue weighted by atomic mass is 10.1. The Morgan fingerprint density at radius 3 is 2.67 bits per heavy atom. The van der Waals surface area contributed by atoms with Gasteiger partial charge >= 0.3 is 0 Å². The molecule has 2 N–H and O–H groups in total. The molecule has 2 aromatic rings. The molecule has 1 nitrogen and oxygen atoms in total. The fourth-order valence-corrected chi connectivity index (χ4v) is 3.06. The number of hydrogen-bond acceptors (Lipinski definition) is 2. The average Bonchev–Trinajstić information content (AvgIpc) is 2.58. The molecule has 4 heteroatoms. The lowest BCUT2D eigenvalue weighted by Gasteiger charge is -2.06. The molecule has 0 amide bonds.